The largest absolute Gasteiger partial charge is 0.416 e. The van der Waals surface area contributed by atoms with E-state index in [1.807, 2.05) is 5.32 Å². The van der Waals surface area contributed by atoms with E-state index in [4.69, 9.17) is 11.1 Å². The van der Waals surface area contributed by atoms with Crippen LogP contribution in [0.15, 0.2) is 55.2 Å². The van der Waals surface area contributed by atoms with Crippen molar-refractivity contribution in [1.82, 2.24) is 24.8 Å². The zero-order valence-electron chi connectivity index (χ0n) is 18.4. The van der Waals surface area contributed by atoms with Crippen LogP contribution in [-0.4, -0.2) is 50.3 Å². The molecule has 1 fully saturated rings. The highest BCUT2D eigenvalue weighted by Gasteiger charge is 2.37. The number of guanidine groups is 1. The summed E-state index contributed by atoms with van der Waals surface area (Å²) in [6.07, 6.45) is 2.41. The Labute approximate surface area is 198 Å². The zero-order chi connectivity index (χ0) is 25.2. The van der Waals surface area contributed by atoms with Crippen LogP contribution in [0.4, 0.5) is 13.2 Å². The van der Waals surface area contributed by atoms with Crippen molar-refractivity contribution in [2.45, 2.75) is 24.9 Å². The normalized spacial score (nSPS) is 14.5. The van der Waals surface area contributed by atoms with Crippen LogP contribution in [0.25, 0.3) is 5.82 Å². The van der Waals surface area contributed by atoms with Crippen molar-refractivity contribution in [1.29, 1.82) is 5.41 Å². The number of likely N-dealkylation sites (tertiary alicyclic amines) is 1. The second-order valence-corrected chi connectivity index (χ2v) is 8.11. The summed E-state index contributed by atoms with van der Waals surface area (Å²) in [6, 6.07) is 6.70. The van der Waals surface area contributed by atoms with Crippen LogP contribution in [0.2, 0.25) is 0 Å². The van der Waals surface area contributed by atoms with Gasteiger partial charge in [-0.15, -0.1) is 0 Å². The molecule has 0 saturated carbocycles. The van der Waals surface area contributed by atoms with Crippen LogP contribution in [-0.2, 0) is 6.18 Å². The SMILES string of the molecule is N=C(N)NC(=O)c1ccc(C2CCN(C(=O)c3ccc(-n4ccnc4)nc3)CC2)c(C(F)(F)F)c1. The minimum absolute atomic E-state index is 0.0790. The van der Waals surface area contributed by atoms with Gasteiger partial charge in [0.1, 0.15) is 12.1 Å². The molecule has 0 unspecified atom stereocenters. The van der Waals surface area contributed by atoms with E-state index < -0.39 is 29.5 Å². The molecule has 4 N–H and O–H groups in total. The average molecular weight is 485 g/mol. The van der Waals surface area contributed by atoms with Crippen molar-refractivity contribution >= 4 is 17.8 Å². The molecule has 3 aromatic rings. The van der Waals surface area contributed by atoms with Gasteiger partial charge in [0, 0.05) is 37.2 Å². The molecule has 2 aromatic heterocycles. The summed E-state index contributed by atoms with van der Waals surface area (Å²) >= 11 is 0. The van der Waals surface area contributed by atoms with Crippen LogP contribution < -0.4 is 11.1 Å². The Morgan fingerprint density at radius 3 is 2.40 bits per heavy atom. The summed E-state index contributed by atoms with van der Waals surface area (Å²) in [5.41, 5.74) is 4.43. The van der Waals surface area contributed by atoms with Crippen molar-refractivity contribution in [3.63, 3.8) is 0 Å². The number of pyridine rings is 1. The monoisotopic (exact) mass is 485 g/mol. The van der Waals surface area contributed by atoms with E-state index in [1.165, 1.54) is 18.3 Å². The van der Waals surface area contributed by atoms with Crippen molar-refractivity contribution in [3.05, 3.63) is 77.5 Å². The Kier molecular flexibility index (Phi) is 6.54. The smallest absolute Gasteiger partial charge is 0.370 e. The number of nitrogens with one attached hydrogen (secondary N) is 2. The molecule has 4 rings (SSSR count). The van der Waals surface area contributed by atoms with Gasteiger partial charge in [0.15, 0.2) is 5.96 Å². The highest BCUT2D eigenvalue weighted by atomic mass is 19.4. The van der Waals surface area contributed by atoms with E-state index in [9.17, 15) is 22.8 Å². The molecule has 0 aliphatic carbocycles. The average Bonchev–Trinajstić information content (AvgIpc) is 3.37. The maximum absolute atomic E-state index is 13.8. The second-order valence-electron chi connectivity index (χ2n) is 8.11. The summed E-state index contributed by atoms with van der Waals surface area (Å²) in [5.74, 6) is -1.60. The maximum atomic E-state index is 13.8. The Bertz CT molecular complexity index is 1230. The van der Waals surface area contributed by atoms with Crippen LogP contribution >= 0.6 is 0 Å². The number of benzene rings is 1. The Balaban J connectivity index is 1.46. The maximum Gasteiger partial charge on any atom is 0.416 e. The van der Waals surface area contributed by atoms with Crippen LogP contribution in [0.3, 0.4) is 0 Å². The number of alkyl halides is 3. The first-order valence-electron chi connectivity index (χ1n) is 10.7. The van der Waals surface area contributed by atoms with E-state index in [-0.39, 0.29) is 30.1 Å². The number of nitrogens with zero attached hydrogens (tertiary/aromatic N) is 4. The van der Waals surface area contributed by atoms with Crippen molar-refractivity contribution in [2.24, 2.45) is 5.73 Å². The van der Waals surface area contributed by atoms with Gasteiger partial charge in [0.25, 0.3) is 11.8 Å². The van der Waals surface area contributed by atoms with Gasteiger partial charge in [-0.3, -0.25) is 24.9 Å². The quantitative estimate of drug-likeness (QED) is 0.387. The molecule has 1 aliphatic heterocycles. The first-order valence-corrected chi connectivity index (χ1v) is 10.7. The van der Waals surface area contributed by atoms with Gasteiger partial charge < -0.3 is 10.6 Å². The van der Waals surface area contributed by atoms with Gasteiger partial charge in [-0.05, 0) is 48.6 Å². The van der Waals surface area contributed by atoms with E-state index in [2.05, 4.69) is 9.97 Å². The predicted octanol–water partition coefficient (Wildman–Crippen LogP) is 2.93. The van der Waals surface area contributed by atoms with Gasteiger partial charge in [-0.1, -0.05) is 6.07 Å². The lowest BCUT2D eigenvalue weighted by molar-refractivity contribution is -0.138. The lowest BCUT2D eigenvalue weighted by Crippen LogP contribution is -2.38. The van der Waals surface area contributed by atoms with Crippen LogP contribution in [0, 0.1) is 5.41 Å². The number of imidazole rings is 1. The number of aromatic nitrogens is 3. The number of hydrogen-bond donors (Lipinski definition) is 3. The van der Waals surface area contributed by atoms with E-state index >= 15 is 0 Å². The number of rotatable bonds is 4. The number of carbonyl (C=O) groups excluding carboxylic acids is 2. The summed E-state index contributed by atoms with van der Waals surface area (Å²) in [6.45, 7) is 0.577. The molecular formula is C23H22F3N7O2. The first-order chi connectivity index (χ1) is 16.6. The molecule has 0 bridgehead atoms. The van der Waals surface area contributed by atoms with Crippen molar-refractivity contribution in [3.8, 4) is 5.82 Å². The molecule has 9 nitrogen and oxygen atoms in total. The van der Waals surface area contributed by atoms with Gasteiger partial charge in [-0.25, -0.2) is 9.97 Å². The minimum Gasteiger partial charge on any atom is -0.370 e. The van der Waals surface area contributed by atoms with Crippen LogP contribution in [0.1, 0.15) is 50.6 Å². The Morgan fingerprint density at radius 1 is 1.11 bits per heavy atom. The Hall–Kier alpha value is -4.22. The molecule has 3 heterocycles. The van der Waals surface area contributed by atoms with Crippen molar-refractivity contribution < 1.29 is 22.8 Å². The lowest BCUT2D eigenvalue weighted by Gasteiger charge is -2.33. The molecule has 2 amide bonds. The number of amides is 2. The minimum atomic E-state index is -4.67. The highest BCUT2D eigenvalue weighted by Crippen LogP contribution is 2.39. The second kappa shape index (κ2) is 9.57. The molecule has 1 saturated heterocycles. The zero-order valence-corrected chi connectivity index (χ0v) is 18.4. The molecule has 1 aliphatic rings. The topological polar surface area (TPSA) is 130 Å². The molecule has 35 heavy (non-hydrogen) atoms. The fraction of sp³-hybridized carbons (Fsp3) is 0.261. The van der Waals surface area contributed by atoms with Gasteiger partial charge >= 0.3 is 6.18 Å². The third-order valence-corrected chi connectivity index (χ3v) is 5.85. The summed E-state index contributed by atoms with van der Waals surface area (Å²) < 4.78 is 43.1. The van der Waals surface area contributed by atoms with Gasteiger partial charge in [0.2, 0.25) is 0 Å². The standard InChI is InChI=1S/C23H22F3N7O2/c24-23(25,26)18-11-15(20(34)31-22(27)28)1-3-17(18)14-5-8-32(9-6-14)21(35)16-2-4-19(30-12-16)33-10-7-29-13-33/h1-4,7,10-14H,5-6,8-9H2,(H4,27,28,31,34). The molecule has 12 heteroatoms. The van der Waals surface area contributed by atoms with E-state index in [0.717, 1.165) is 6.07 Å². The van der Waals surface area contributed by atoms with E-state index in [0.29, 0.717) is 24.2 Å². The van der Waals surface area contributed by atoms with E-state index in [1.54, 1.807) is 40.3 Å². The van der Waals surface area contributed by atoms with Gasteiger partial charge in [0.05, 0.1) is 11.1 Å². The van der Waals surface area contributed by atoms with Gasteiger partial charge in [-0.2, -0.15) is 13.2 Å². The summed E-state index contributed by atoms with van der Waals surface area (Å²) in [7, 11) is 0. The highest BCUT2D eigenvalue weighted by molar-refractivity contribution is 6.04. The number of halogens is 3. The molecule has 1 aromatic carbocycles. The number of carbonyl (C=O) groups is 2. The Morgan fingerprint density at radius 2 is 1.83 bits per heavy atom. The fourth-order valence-corrected chi connectivity index (χ4v) is 4.13. The molecule has 0 atom stereocenters. The summed E-state index contributed by atoms with van der Waals surface area (Å²) in [4.78, 5) is 34.7. The molecular weight excluding hydrogens is 463 g/mol. The molecule has 0 radical (unpaired) electrons. The molecule has 0 spiro atoms. The fourth-order valence-electron chi connectivity index (χ4n) is 4.13. The van der Waals surface area contributed by atoms with Crippen molar-refractivity contribution in [2.75, 3.05) is 13.1 Å². The number of nitrogens with two attached hydrogens (primary N) is 1. The number of piperidine rings is 1. The van der Waals surface area contributed by atoms with Crippen LogP contribution in [0.5, 0.6) is 0 Å². The molecule has 182 valence electrons. The lowest BCUT2D eigenvalue weighted by atomic mass is 9.85. The third-order valence-electron chi connectivity index (χ3n) is 5.85. The summed E-state index contributed by atoms with van der Waals surface area (Å²) in [5, 5.41) is 9.08. The number of hydrogen-bond acceptors (Lipinski definition) is 5. The first kappa shape index (κ1) is 23.9. The third kappa shape index (κ3) is 5.31. The predicted molar refractivity (Wildman–Crippen MR) is 120 cm³/mol.